The summed E-state index contributed by atoms with van der Waals surface area (Å²) >= 11 is 0. The molecule has 0 bridgehead atoms. The van der Waals surface area contributed by atoms with Crippen LogP contribution in [0.3, 0.4) is 0 Å². The lowest BCUT2D eigenvalue weighted by atomic mass is 9.86. The first-order valence-electron chi connectivity index (χ1n) is 9.81. The zero-order valence-corrected chi connectivity index (χ0v) is 17.1. The second-order valence-electron chi connectivity index (χ2n) is 8.63. The van der Waals surface area contributed by atoms with Crippen LogP contribution in [0, 0.1) is 5.41 Å². The van der Waals surface area contributed by atoms with Gasteiger partial charge in [0.25, 0.3) is 0 Å². The molecule has 1 aromatic carbocycles. The number of amides is 2. The number of rotatable bonds is 5. The standard InChI is InChI=1S/C22H29N3O4/c1-22(2,3)19(23)21(28)25-13-16(26)11-17(25)20(27)24-12-14-6-8-15(9-7-14)18-5-4-10-29-18/h4-10,16-17,19,26H,11-13,23H2,1-3H3,(H,24,27)/t16-,17+,19-/m1/s1. The Morgan fingerprint density at radius 2 is 1.97 bits per heavy atom. The van der Waals surface area contributed by atoms with Crippen molar-refractivity contribution in [3.8, 4) is 11.3 Å². The van der Waals surface area contributed by atoms with E-state index in [4.69, 9.17) is 10.2 Å². The molecule has 2 amide bonds. The molecule has 1 aromatic heterocycles. The first-order chi connectivity index (χ1) is 13.7. The first kappa shape index (κ1) is 21.1. The third kappa shape index (κ3) is 4.86. The highest BCUT2D eigenvalue weighted by Gasteiger charge is 2.42. The van der Waals surface area contributed by atoms with Crippen LogP contribution in [0.2, 0.25) is 0 Å². The number of benzene rings is 1. The number of carbonyl (C=O) groups excluding carboxylic acids is 2. The smallest absolute Gasteiger partial charge is 0.243 e. The highest BCUT2D eigenvalue weighted by atomic mass is 16.3. The van der Waals surface area contributed by atoms with E-state index in [1.54, 1.807) is 6.26 Å². The van der Waals surface area contributed by atoms with Gasteiger partial charge < -0.3 is 25.5 Å². The second-order valence-corrected chi connectivity index (χ2v) is 8.63. The van der Waals surface area contributed by atoms with E-state index in [0.717, 1.165) is 16.9 Å². The Morgan fingerprint density at radius 3 is 2.55 bits per heavy atom. The fourth-order valence-corrected chi connectivity index (χ4v) is 3.39. The van der Waals surface area contributed by atoms with E-state index in [0.29, 0.717) is 6.54 Å². The molecule has 3 rings (SSSR count). The van der Waals surface area contributed by atoms with Gasteiger partial charge in [-0.25, -0.2) is 0 Å². The van der Waals surface area contributed by atoms with Crippen molar-refractivity contribution in [2.45, 2.75) is 51.9 Å². The van der Waals surface area contributed by atoms with Gasteiger partial charge in [0, 0.05) is 25.1 Å². The first-order valence-corrected chi connectivity index (χ1v) is 9.81. The summed E-state index contributed by atoms with van der Waals surface area (Å²) in [5, 5.41) is 12.9. The minimum Gasteiger partial charge on any atom is -0.464 e. The van der Waals surface area contributed by atoms with Gasteiger partial charge in [0.05, 0.1) is 18.4 Å². The maximum absolute atomic E-state index is 12.8. The number of aliphatic hydroxyl groups excluding tert-OH is 1. The summed E-state index contributed by atoms with van der Waals surface area (Å²) in [6, 6.07) is 9.95. The minimum atomic E-state index is -0.739. The van der Waals surface area contributed by atoms with E-state index >= 15 is 0 Å². The Kier molecular flexibility index (Phi) is 6.10. The minimum absolute atomic E-state index is 0.124. The van der Waals surface area contributed by atoms with Gasteiger partial charge in [-0.3, -0.25) is 9.59 Å². The van der Waals surface area contributed by atoms with Gasteiger partial charge in [0.2, 0.25) is 11.8 Å². The third-order valence-electron chi connectivity index (χ3n) is 5.29. The van der Waals surface area contributed by atoms with Gasteiger partial charge in [0.1, 0.15) is 11.8 Å². The summed E-state index contributed by atoms with van der Waals surface area (Å²) in [7, 11) is 0. The van der Waals surface area contributed by atoms with Crippen LogP contribution >= 0.6 is 0 Å². The summed E-state index contributed by atoms with van der Waals surface area (Å²) in [6.45, 7) is 6.09. The zero-order chi connectivity index (χ0) is 21.2. The number of nitrogens with one attached hydrogen (secondary N) is 1. The molecule has 29 heavy (non-hydrogen) atoms. The summed E-state index contributed by atoms with van der Waals surface area (Å²) < 4.78 is 5.37. The van der Waals surface area contributed by atoms with E-state index in [2.05, 4.69) is 5.32 Å². The average Bonchev–Trinajstić information content (AvgIpc) is 3.34. The third-order valence-corrected chi connectivity index (χ3v) is 5.29. The van der Waals surface area contributed by atoms with Crippen LogP contribution in [0.5, 0.6) is 0 Å². The maximum atomic E-state index is 12.8. The number of hydrogen-bond donors (Lipinski definition) is 3. The molecule has 2 heterocycles. The van der Waals surface area contributed by atoms with E-state index in [1.807, 2.05) is 57.2 Å². The lowest BCUT2D eigenvalue weighted by Crippen LogP contribution is -2.54. The molecule has 0 saturated carbocycles. The predicted octanol–water partition coefficient (Wildman–Crippen LogP) is 1.90. The quantitative estimate of drug-likeness (QED) is 0.712. The van der Waals surface area contributed by atoms with E-state index in [9.17, 15) is 14.7 Å². The zero-order valence-electron chi connectivity index (χ0n) is 17.1. The molecule has 0 spiro atoms. The molecule has 3 atom stereocenters. The summed E-state index contributed by atoms with van der Waals surface area (Å²) in [4.78, 5) is 26.9. The number of likely N-dealkylation sites (tertiary alicyclic amines) is 1. The topological polar surface area (TPSA) is 109 Å². The van der Waals surface area contributed by atoms with Crippen molar-refractivity contribution in [1.82, 2.24) is 10.2 Å². The molecule has 0 radical (unpaired) electrons. The predicted molar refractivity (Wildman–Crippen MR) is 110 cm³/mol. The lowest BCUT2D eigenvalue weighted by molar-refractivity contribution is -0.141. The fraction of sp³-hybridized carbons (Fsp3) is 0.455. The van der Waals surface area contributed by atoms with Crippen LogP contribution in [-0.2, 0) is 16.1 Å². The van der Waals surface area contributed by atoms with Crippen molar-refractivity contribution >= 4 is 11.8 Å². The van der Waals surface area contributed by atoms with Gasteiger partial charge in [-0.05, 0) is 23.1 Å². The number of β-amino-alcohol motifs (C(OH)–C–C–N with tert-alkyl or cyclic N) is 1. The molecule has 156 valence electrons. The Morgan fingerprint density at radius 1 is 1.28 bits per heavy atom. The Labute approximate surface area is 170 Å². The highest BCUT2D eigenvalue weighted by molar-refractivity contribution is 5.90. The maximum Gasteiger partial charge on any atom is 0.243 e. The molecule has 0 unspecified atom stereocenters. The molecule has 0 aliphatic carbocycles. The van der Waals surface area contributed by atoms with Crippen molar-refractivity contribution in [2.24, 2.45) is 11.1 Å². The van der Waals surface area contributed by atoms with Gasteiger partial charge in [-0.1, -0.05) is 45.0 Å². The van der Waals surface area contributed by atoms with E-state index < -0.39 is 23.6 Å². The van der Waals surface area contributed by atoms with Gasteiger partial charge in [-0.15, -0.1) is 0 Å². The van der Waals surface area contributed by atoms with Gasteiger partial charge in [0.15, 0.2) is 0 Å². The number of hydrogen-bond acceptors (Lipinski definition) is 5. The van der Waals surface area contributed by atoms with Gasteiger partial charge >= 0.3 is 0 Å². The monoisotopic (exact) mass is 399 g/mol. The SMILES string of the molecule is CC(C)(C)[C@H](N)C(=O)N1C[C@H](O)C[C@H]1C(=O)NCc1ccc(-c2ccco2)cc1. The summed E-state index contributed by atoms with van der Waals surface area (Å²) in [5.74, 6) is 0.188. The molecule has 2 aromatic rings. The number of aliphatic hydroxyl groups is 1. The summed E-state index contributed by atoms with van der Waals surface area (Å²) in [6.07, 6.45) is 1.11. The number of nitrogens with zero attached hydrogens (tertiary/aromatic N) is 1. The van der Waals surface area contributed by atoms with Crippen molar-refractivity contribution < 1.29 is 19.1 Å². The van der Waals surface area contributed by atoms with Crippen molar-refractivity contribution in [1.29, 1.82) is 0 Å². The molecule has 4 N–H and O–H groups in total. The van der Waals surface area contributed by atoms with Crippen molar-refractivity contribution in [3.63, 3.8) is 0 Å². The molecule has 1 fully saturated rings. The number of furan rings is 1. The lowest BCUT2D eigenvalue weighted by Gasteiger charge is -2.32. The van der Waals surface area contributed by atoms with E-state index in [-0.39, 0.29) is 24.8 Å². The van der Waals surface area contributed by atoms with Gasteiger partial charge in [-0.2, -0.15) is 0 Å². The number of nitrogens with two attached hydrogens (primary N) is 1. The second kappa shape index (κ2) is 8.39. The van der Waals surface area contributed by atoms with Crippen LogP contribution < -0.4 is 11.1 Å². The Balaban J connectivity index is 1.62. The van der Waals surface area contributed by atoms with Crippen molar-refractivity contribution in [2.75, 3.05) is 6.54 Å². The average molecular weight is 399 g/mol. The Bertz CT molecular complexity index is 840. The molecule has 1 saturated heterocycles. The highest BCUT2D eigenvalue weighted by Crippen LogP contribution is 2.25. The van der Waals surface area contributed by atoms with Crippen molar-refractivity contribution in [3.05, 3.63) is 48.2 Å². The molecular weight excluding hydrogens is 370 g/mol. The number of carbonyl (C=O) groups is 2. The van der Waals surface area contributed by atoms with Crippen LogP contribution in [0.15, 0.2) is 47.1 Å². The summed E-state index contributed by atoms with van der Waals surface area (Å²) in [5.41, 5.74) is 7.54. The molecule has 7 heteroatoms. The molecule has 1 aliphatic heterocycles. The fourth-order valence-electron chi connectivity index (χ4n) is 3.39. The van der Waals surface area contributed by atoms with E-state index in [1.165, 1.54) is 4.90 Å². The molecule has 7 nitrogen and oxygen atoms in total. The van der Waals surface area contributed by atoms with Crippen LogP contribution in [0.4, 0.5) is 0 Å². The normalized spacial score (nSPS) is 20.5. The Hall–Kier alpha value is -2.64. The van der Waals surface area contributed by atoms with Crippen LogP contribution in [0.25, 0.3) is 11.3 Å². The van der Waals surface area contributed by atoms with Crippen LogP contribution in [-0.4, -0.2) is 46.6 Å². The molecular formula is C22H29N3O4. The van der Waals surface area contributed by atoms with Crippen LogP contribution in [0.1, 0.15) is 32.8 Å². The molecule has 1 aliphatic rings. The largest absolute Gasteiger partial charge is 0.464 e.